The van der Waals surface area contributed by atoms with E-state index in [1.165, 1.54) is 6.42 Å². The standard InChI is InChI=1S/C9H18O3/c1-11-7-8(10)6-9(12-2)4-3-5-9/h8,10H,3-7H2,1-2H3. The van der Waals surface area contributed by atoms with Crippen LogP contribution in [0.15, 0.2) is 0 Å². The van der Waals surface area contributed by atoms with Gasteiger partial charge in [0.05, 0.1) is 18.3 Å². The first-order valence-electron chi connectivity index (χ1n) is 4.44. The largest absolute Gasteiger partial charge is 0.391 e. The van der Waals surface area contributed by atoms with Gasteiger partial charge in [-0.2, -0.15) is 0 Å². The first-order valence-corrected chi connectivity index (χ1v) is 4.44. The van der Waals surface area contributed by atoms with Crippen LogP contribution in [0, 0.1) is 0 Å². The minimum absolute atomic E-state index is 0.0437. The van der Waals surface area contributed by atoms with E-state index in [9.17, 15) is 5.11 Å². The molecule has 1 aliphatic carbocycles. The van der Waals surface area contributed by atoms with Crippen LogP contribution in [0.3, 0.4) is 0 Å². The van der Waals surface area contributed by atoms with E-state index in [4.69, 9.17) is 9.47 Å². The Morgan fingerprint density at radius 2 is 2.08 bits per heavy atom. The van der Waals surface area contributed by atoms with E-state index in [0.717, 1.165) is 12.8 Å². The third kappa shape index (κ3) is 2.19. The third-order valence-corrected chi connectivity index (χ3v) is 2.66. The van der Waals surface area contributed by atoms with Gasteiger partial charge < -0.3 is 14.6 Å². The number of hydrogen-bond acceptors (Lipinski definition) is 3. The molecule has 3 heteroatoms. The summed E-state index contributed by atoms with van der Waals surface area (Å²) in [6, 6.07) is 0. The van der Waals surface area contributed by atoms with Gasteiger partial charge in [0.15, 0.2) is 0 Å². The molecule has 0 saturated heterocycles. The predicted molar refractivity (Wildman–Crippen MR) is 46.1 cm³/mol. The van der Waals surface area contributed by atoms with Crippen LogP contribution in [0.1, 0.15) is 25.7 Å². The molecule has 1 atom stereocenters. The summed E-state index contributed by atoms with van der Waals surface area (Å²) in [5, 5.41) is 9.48. The third-order valence-electron chi connectivity index (χ3n) is 2.66. The molecule has 1 saturated carbocycles. The molecule has 72 valence electrons. The molecule has 0 aromatic heterocycles. The molecule has 0 aliphatic heterocycles. The zero-order valence-corrected chi connectivity index (χ0v) is 7.88. The summed E-state index contributed by atoms with van der Waals surface area (Å²) in [5.74, 6) is 0. The fraction of sp³-hybridized carbons (Fsp3) is 1.00. The fourth-order valence-electron chi connectivity index (χ4n) is 1.74. The zero-order chi connectivity index (χ0) is 9.03. The van der Waals surface area contributed by atoms with E-state index in [1.807, 2.05) is 0 Å². The smallest absolute Gasteiger partial charge is 0.0801 e. The van der Waals surface area contributed by atoms with Crippen molar-refractivity contribution in [3.8, 4) is 0 Å². The Morgan fingerprint density at radius 3 is 2.42 bits per heavy atom. The van der Waals surface area contributed by atoms with E-state index in [0.29, 0.717) is 13.0 Å². The summed E-state index contributed by atoms with van der Waals surface area (Å²) in [6.07, 6.45) is 3.69. The van der Waals surface area contributed by atoms with Crippen LogP contribution < -0.4 is 0 Å². The molecule has 1 N–H and O–H groups in total. The minimum Gasteiger partial charge on any atom is -0.391 e. The summed E-state index contributed by atoms with van der Waals surface area (Å²) in [6.45, 7) is 0.408. The lowest BCUT2D eigenvalue weighted by atomic mass is 9.76. The van der Waals surface area contributed by atoms with Gasteiger partial charge in [-0.25, -0.2) is 0 Å². The molecule has 0 bridgehead atoms. The van der Waals surface area contributed by atoms with Crippen molar-refractivity contribution in [3.05, 3.63) is 0 Å². The second kappa shape index (κ2) is 4.21. The van der Waals surface area contributed by atoms with Crippen molar-refractivity contribution in [2.24, 2.45) is 0 Å². The molecule has 3 nitrogen and oxygen atoms in total. The Balaban J connectivity index is 2.27. The van der Waals surface area contributed by atoms with Crippen molar-refractivity contribution in [1.29, 1.82) is 0 Å². The van der Waals surface area contributed by atoms with Gasteiger partial charge in [-0.05, 0) is 19.3 Å². The van der Waals surface area contributed by atoms with Gasteiger partial charge in [-0.15, -0.1) is 0 Å². The fourth-order valence-corrected chi connectivity index (χ4v) is 1.74. The van der Waals surface area contributed by atoms with Crippen LogP contribution in [0.25, 0.3) is 0 Å². The average molecular weight is 174 g/mol. The molecule has 0 amide bonds. The van der Waals surface area contributed by atoms with Crippen LogP contribution in [0.5, 0.6) is 0 Å². The molecular formula is C9H18O3. The van der Waals surface area contributed by atoms with E-state index in [-0.39, 0.29) is 11.7 Å². The Bertz CT molecular complexity index is 126. The molecule has 0 aromatic rings. The molecule has 1 aliphatic rings. The van der Waals surface area contributed by atoms with Crippen molar-refractivity contribution in [1.82, 2.24) is 0 Å². The van der Waals surface area contributed by atoms with E-state index in [1.54, 1.807) is 14.2 Å². The summed E-state index contributed by atoms with van der Waals surface area (Å²) in [4.78, 5) is 0. The summed E-state index contributed by atoms with van der Waals surface area (Å²) in [7, 11) is 3.32. The second-order valence-electron chi connectivity index (χ2n) is 3.55. The van der Waals surface area contributed by atoms with Crippen LogP contribution >= 0.6 is 0 Å². The van der Waals surface area contributed by atoms with Gasteiger partial charge in [-0.1, -0.05) is 0 Å². The van der Waals surface area contributed by atoms with Crippen molar-refractivity contribution >= 4 is 0 Å². The highest BCUT2D eigenvalue weighted by atomic mass is 16.5. The van der Waals surface area contributed by atoms with Crippen molar-refractivity contribution < 1.29 is 14.6 Å². The molecule has 0 radical (unpaired) electrons. The zero-order valence-electron chi connectivity index (χ0n) is 7.88. The minimum atomic E-state index is -0.379. The SMILES string of the molecule is COCC(O)CC1(OC)CCC1. The molecule has 12 heavy (non-hydrogen) atoms. The van der Waals surface area contributed by atoms with Crippen molar-refractivity contribution in [2.45, 2.75) is 37.4 Å². The molecule has 0 aromatic carbocycles. The number of methoxy groups -OCH3 is 2. The number of hydrogen-bond donors (Lipinski definition) is 1. The van der Waals surface area contributed by atoms with E-state index >= 15 is 0 Å². The monoisotopic (exact) mass is 174 g/mol. The van der Waals surface area contributed by atoms with Crippen LogP contribution in [0.4, 0.5) is 0 Å². The molecular weight excluding hydrogens is 156 g/mol. The van der Waals surface area contributed by atoms with Gasteiger partial charge in [0.1, 0.15) is 0 Å². The van der Waals surface area contributed by atoms with E-state index < -0.39 is 0 Å². The first kappa shape index (κ1) is 9.96. The van der Waals surface area contributed by atoms with E-state index in [2.05, 4.69) is 0 Å². The highest BCUT2D eigenvalue weighted by molar-refractivity contribution is 4.91. The lowest BCUT2D eigenvalue weighted by molar-refractivity contribution is -0.107. The maximum absolute atomic E-state index is 9.48. The number of aliphatic hydroxyl groups excluding tert-OH is 1. The Morgan fingerprint density at radius 1 is 1.42 bits per heavy atom. The first-order chi connectivity index (χ1) is 5.72. The molecule has 1 unspecified atom stereocenters. The van der Waals surface area contributed by atoms with Gasteiger partial charge in [0.25, 0.3) is 0 Å². The van der Waals surface area contributed by atoms with Crippen molar-refractivity contribution in [3.63, 3.8) is 0 Å². The highest BCUT2D eigenvalue weighted by Crippen LogP contribution is 2.38. The molecule has 0 heterocycles. The normalized spacial score (nSPS) is 23.2. The number of rotatable bonds is 5. The topological polar surface area (TPSA) is 38.7 Å². The maximum Gasteiger partial charge on any atom is 0.0801 e. The number of aliphatic hydroxyl groups is 1. The van der Waals surface area contributed by atoms with Crippen LogP contribution in [0.2, 0.25) is 0 Å². The lowest BCUT2D eigenvalue weighted by Crippen LogP contribution is -2.43. The second-order valence-corrected chi connectivity index (χ2v) is 3.55. The van der Waals surface area contributed by atoms with Gasteiger partial charge in [-0.3, -0.25) is 0 Å². The Kier molecular flexibility index (Phi) is 3.50. The highest BCUT2D eigenvalue weighted by Gasteiger charge is 2.38. The van der Waals surface area contributed by atoms with Crippen molar-refractivity contribution in [2.75, 3.05) is 20.8 Å². The maximum atomic E-state index is 9.48. The predicted octanol–water partition coefficient (Wildman–Crippen LogP) is 0.953. The summed E-state index contributed by atoms with van der Waals surface area (Å²) in [5.41, 5.74) is -0.0437. The quantitative estimate of drug-likeness (QED) is 0.674. The molecule has 1 rings (SSSR count). The summed E-state index contributed by atoms with van der Waals surface area (Å²) >= 11 is 0. The van der Waals surface area contributed by atoms with Crippen LogP contribution in [-0.2, 0) is 9.47 Å². The Hall–Kier alpha value is -0.120. The lowest BCUT2D eigenvalue weighted by Gasteiger charge is -2.41. The number of ether oxygens (including phenoxy) is 2. The average Bonchev–Trinajstić information content (AvgIpc) is 1.97. The molecule has 1 fully saturated rings. The summed E-state index contributed by atoms with van der Waals surface area (Å²) < 4.78 is 10.2. The van der Waals surface area contributed by atoms with Gasteiger partial charge >= 0.3 is 0 Å². The van der Waals surface area contributed by atoms with Crippen LogP contribution in [-0.4, -0.2) is 37.6 Å². The molecule has 0 spiro atoms. The van der Waals surface area contributed by atoms with Gasteiger partial charge in [0, 0.05) is 20.6 Å². The van der Waals surface area contributed by atoms with Gasteiger partial charge in [0.2, 0.25) is 0 Å². The Labute approximate surface area is 73.7 Å².